The maximum absolute atomic E-state index is 16.2. The number of aromatic nitrogens is 2. The largest absolute Gasteiger partial charge is 0.389 e. The molecule has 0 radical (unpaired) electrons. The minimum absolute atomic E-state index is 0.106. The van der Waals surface area contributed by atoms with Crippen molar-refractivity contribution in [2.45, 2.75) is 45.0 Å². The molecule has 7 heteroatoms. The van der Waals surface area contributed by atoms with E-state index in [0.717, 1.165) is 16.5 Å². The number of anilines is 1. The van der Waals surface area contributed by atoms with Crippen molar-refractivity contribution in [3.05, 3.63) is 83.3 Å². The number of halogens is 2. The molecule has 4 N–H and O–H groups in total. The van der Waals surface area contributed by atoms with E-state index in [0.29, 0.717) is 23.3 Å². The number of nitrogens with one attached hydrogen (secondary N) is 3. The van der Waals surface area contributed by atoms with Gasteiger partial charge in [-0.25, -0.2) is 8.78 Å². The zero-order valence-corrected chi connectivity index (χ0v) is 18.7. The van der Waals surface area contributed by atoms with Crippen LogP contribution in [0.25, 0.3) is 22.0 Å². The van der Waals surface area contributed by atoms with Gasteiger partial charge in [0.2, 0.25) is 0 Å². The smallest absolute Gasteiger partial charge is 0.140 e. The van der Waals surface area contributed by atoms with E-state index in [4.69, 9.17) is 0 Å². The van der Waals surface area contributed by atoms with E-state index in [1.54, 1.807) is 24.5 Å². The molecule has 3 heterocycles. The first-order chi connectivity index (χ1) is 15.8. The molecule has 1 aliphatic rings. The molecular weight excluding hydrogens is 422 g/mol. The number of nitrogens with zero attached hydrogens (tertiary/aromatic N) is 1. The average Bonchev–Trinajstić information content (AvgIpc) is 3.16. The van der Waals surface area contributed by atoms with Crippen LogP contribution in [0.1, 0.15) is 36.6 Å². The van der Waals surface area contributed by atoms with Gasteiger partial charge in [-0.15, -0.1) is 0 Å². The number of fused-ring (bicyclic) bond motifs is 2. The number of aromatic amines is 1. The van der Waals surface area contributed by atoms with Crippen LogP contribution in [-0.2, 0) is 6.54 Å². The lowest BCUT2D eigenvalue weighted by atomic mass is 9.80. The number of aryl methyl sites for hydroxylation is 1. The summed E-state index contributed by atoms with van der Waals surface area (Å²) >= 11 is 0. The predicted octanol–water partition coefficient (Wildman–Crippen LogP) is 5.21. The molecule has 0 unspecified atom stereocenters. The van der Waals surface area contributed by atoms with Gasteiger partial charge < -0.3 is 20.7 Å². The van der Waals surface area contributed by atoms with Crippen molar-refractivity contribution in [2.75, 3.05) is 5.32 Å². The molecule has 1 aliphatic heterocycles. The van der Waals surface area contributed by atoms with Crippen LogP contribution in [-0.4, -0.2) is 26.7 Å². The van der Waals surface area contributed by atoms with Crippen LogP contribution in [0.4, 0.5) is 14.5 Å². The Hall–Kier alpha value is -3.29. The SMILES string of the molecule is Cc1c[nH]c2c(-c3c(F)cc4c(c3F)[C@@H](NCc3ccncc3)[C@H](O)C(C)(C)N4)cccc12. The number of hydrogen-bond donors (Lipinski definition) is 4. The molecule has 0 aliphatic carbocycles. The summed E-state index contributed by atoms with van der Waals surface area (Å²) in [6, 6.07) is 9.73. The van der Waals surface area contributed by atoms with Gasteiger partial charge in [-0.05, 0) is 50.1 Å². The van der Waals surface area contributed by atoms with Crippen LogP contribution < -0.4 is 10.6 Å². The summed E-state index contributed by atoms with van der Waals surface area (Å²) in [5.41, 5.74) is 2.75. The summed E-state index contributed by atoms with van der Waals surface area (Å²) < 4.78 is 31.6. The van der Waals surface area contributed by atoms with Crippen molar-refractivity contribution in [3.63, 3.8) is 0 Å². The number of H-pyrrole nitrogens is 1. The Labute approximate surface area is 190 Å². The number of benzene rings is 2. The number of aliphatic hydroxyl groups excluding tert-OH is 1. The van der Waals surface area contributed by atoms with Gasteiger partial charge in [0, 0.05) is 47.3 Å². The summed E-state index contributed by atoms with van der Waals surface area (Å²) in [4.78, 5) is 7.17. The Morgan fingerprint density at radius 2 is 1.91 bits per heavy atom. The van der Waals surface area contributed by atoms with Gasteiger partial charge in [0.1, 0.15) is 11.6 Å². The van der Waals surface area contributed by atoms with Gasteiger partial charge >= 0.3 is 0 Å². The molecule has 0 amide bonds. The van der Waals surface area contributed by atoms with Crippen molar-refractivity contribution in [1.82, 2.24) is 15.3 Å². The third kappa shape index (κ3) is 3.57. The highest BCUT2D eigenvalue weighted by Gasteiger charge is 2.43. The van der Waals surface area contributed by atoms with Crippen LogP contribution in [0.5, 0.6) is 0 Å². The first kappa shape index (κ1) is 21.6. The highest BCUT2D eigenvalue weighted by molar-refractivity contribution is 5.96. The normalized spacial score (nSPS) is 19.3. The second kappa shape index (κ2) is 7.93. The van der Waals surface area contributed by atoms with Gasteiger partial charge in [-0.2, -0.15) is 0 Å². The number of aliphatic hydroxyl groups is 1. The number of hydrogen-bond acceptors (Lipinski definition) is 4. The maximum atomic E-state index is 16.2. The van der Waals surface area contributed by atoms with Crippen molar-refractivity contribution in [3.8, 4) is 11.1 Å². The maximum Gasteiger partial charge on any atom is 0.140 e. The number of rotatable bonds is 4. The molecule has 5 nitrogen and oxygen atoms in total. The minimum Gasteiger partial charge on any atom is -0.389 e. The molecule has 2 aromatic heterocycles. The summed E-state index contributed by atoms with van der Waals surface area (Å²) in [5, 5.41) is 18.5. The molecule has 0 spiro atoms. The first-order valence-corrected chi connectivity index (χ1v) is 11.0. The highest BCUT2D eigenvalue weighted by Crippen LogP contribution is 2.44. The summed E-state index contributed by atoms with van der Waals surface area (Å²) in [7, 11) is 0. The topological polar surface area (TPSA) is 73.0 Å². The molecule has 33 heavy (non-hydrogen) atoms. The predicted molar refractivity (Wildman–Crippen MR) is 126 cm³/mol. The first-order valence-electron chi connectivity index (χ1n) is 11.0. The molecule has 5 rings (SSSR count). The highest BCUT2D eigenvalue weighted by atomic mass is 19.1. The fraction of sp³-hybridized carbons (Fsp3) is 0.269. The van der Waals surface area contributed by atoms with Crippen LogP contribution in [0.15, 0.2) is 55.0 Å². The van der Waals surface area contributed by atoms with E-state index < -0.39 is 29.3 Å². The second-order valence-corrected chi connectivity index (χ2v) is 9.21. The van der Waals surface area contributed by atoms with Crippen molar-refractivity contribution in [1.29, 1.82) is 0 Å². The van der Waals surface area contributed by atoms with Crippen LogP contribution in [0.2, 0.25) is 0 Å². The Bertz CT molecular complexity index is 1330. The molecule has 2 atom stereocenters. The third-order valence-electron chi connectivity index (χ3n) is 6.55. The molecule has 0 bridgehead atoms. The van der Waals surface area contributed by atoms with Crippen molar-refractivity contribution >= 4 is 16.6 Å². The molecule has 2 aromatic carbocycles. The fourth-order valence-corrected chi connectivity index (χ4v) is 4.73. The minimum atomic E-state index is -0.955. The lowest BCUT2D eigenvalue weighted by Crippen LogP contribution is -2.54. The average molecular weight is 449 g/mol. The monoisotopic (exact) mass is 448 g/mol. The van der Waals surface area contributed by atoms with Gasteiger partial charge in [0.15, 0.2) is 0 Å². The molecule has 0 saturated heterocycles. The van der Waals surface area contributed by atoms with Crippen LogP contribution in [0.3, 0.4) is 0 Å². The van der Waals surface area contributed by atoms with Crippen molar-refractivity contribution < 1.29 is 13.9 Å². The van der Waals surface area contributed by atoms with Gasteiger partial charge in [-0.1, -0.05) is 18.2 Å². The van der Waals surface area contributed by atoms with Gasteiger partial charge in [-0.3, -0.25) is 4.98 Å². The van der Waals surface area contributed by atoms with Gasteiger partial charge in [0.05, 0.1) is 28.8 Å². The lowest BCUT2D eigenvalue weighted by molar-refractivity contribution is 0.0663. The van der Waals surface area contributed by atoms with Crippen LogP contribution in [0, 0.1) is 18.6 Å². The van der Waals surface area contributed by atoms with E-state index in [1.165, 1.54) is 6.07 Å². The third-order valence-corrected chi connectivity index (χ3v) is 6.55. The molecule has 4 aromatic rings. The Morgan fingerprint density at radius 3 is 2.67 bits per heavy atom. The Kier molecular flexibility index (Phi) is 5.18. The molecule has 170 valence electrons. The van der Waals surface area contributed by atoms with Crippen LogP contribution >= 0.6 is 0 Å². The van der Waals surface area contributed by atoms with Gasteiger partial charge in [0.25, 0.3) is 0 Å². The van der Waals surface area contributed by atoms with E-state index >= 15 is 8.78 Å². The Morgan fingerprint density at radius 1 is 1.15 bits per heavy atom. The summed E-state index contributed by atoms with van der Waals surface area (Å²) in [6.45, 7) is 5.97. The van der Waals surface area contributed by atoms with E-state index in [9.17, 15) is 5.11 Å². The zero-order chi connectivity index (χ0) is 23.3. The molecule has 0 fully saturated rings. The van der Waals surface area contributed by atoms with E-state index in [2.05, 4.69) is 20.6 Å². The Balaban J connectivity index is 1.66. The lowest BCUT2D eigenvalue weighted by Gasteiger charge is -2.44. The number of pyridine rings is 1. The summed E-state index contributed by atoms with van der Waals surface area (Å²) in [6.07, 6.45) is 4.24. The second-order valence-electron chi connectivity index (χ2n) is 9.21. The zero-order valence-electron chi connectivity index (χ0n) is 18.7. The van der Waals surface area contributed by atoms with E-state index in [-0.39, 0.29) is 11.1 Å². The quantitative estimate of drug-likeness (QED) is 0.346. The van der Waals surface area contributed by atoms with Crippen molar-refractivity contribution in [2.24, 2.45) is 0 Å². The van der Waals surface area contributed by atoms with E-state index in [1.807, 2.05) is 45.2 Å². The standard InChI is InChI=1S/C26H26F2N4O/c1-14-12-30-23-16(14)5-4-6-17(23)20-18(27)11-19-21(22(20)28)24(25(33)26(2,3)32-19)31-13-15-7-9-29-10-8-15/h4-12,24-25,30-33H,13H2,1-3H3/t24-,25+/m1/s1. The summed E-state index contributed by atoms with van der Waals surface area (Å²) in [5.74, 6) is -1.34. The molecular formula is C26H26F2N4O. The fourth-order valence-electron chi connectivity index (χ4n) is 4.73. The number of para-hydroxylation sites is 1. The molecule has 0 saturated carbocycles.